The first kappa shape index (κ1) is 24.0. The van der Waals surface area contributed by atoms with Gasteiger partial charge in [0, 0.05) is 24.1 Å². The number of benzene rings is 3. The molecule has 0 saturated heterocycles. The number of amides is 2. The van der Waals surface area contributed by atoms with Crippen LogP contribution in [0.15, 0.2) is 72.8 Å². The van der Waals surface area contributed by atoms with Crippen molar-refractivity contribution in [2.75, 3.05) is 11.9 Å². The molecule has 0 unspecified atom stereocenters. The largest absolute Gasteiger partial charge is 0.481 e. The molecule has 0 fully saturated rings. The van der Waals surface area contributed by atoms with Crippen LogP contribution in [0, 0.1) is 0 Å². The van der Waals surface area contributed by atoms with Gasteiger partial charge in [-0.15, -0.1) is 0 Å². The molecule has 0 aliphatic heterocycles. The first-order valence-electron chi connectivity index (χ1n) is 11.7. The van der Waals surface area contributed by atoms with Crippen molar-refractivity contribution in [1.82, 2.24) is 5.32 Å². The summed E-state index contributed by atoms with van der Waals surface area (Å²) in [6.45, 7) is 2.07. The number of hydrogen-bond donors (Lipinski definition) is 3. The van der Waals surface area contributed by atoms with Gasteiger partial charge in [0.05, 0.1) is 6.42 Å². The maximum atomic E-state index is 12.6. The van der Waals surface area contributed by atoms with E-state index in [-0.39, 0.29) is 31.3 Å². The smallest absolute Gasteiger partial charge is 0.407 e. The fraction of sp³-hybridized carbons (Fsp3) is 0.250. The Balaban J connectivity index is 1.33. The molecule has 1 atom stereocenters. The van der Waals surface area contributed by atoms with E-state index in [0.717, 1.165) is 22.3 Å². The fourth-order valence-corrected chi connectivity index (χ4v) is 4.49. The molecular formula is C28H28N2O5. The van der Waals surface area contributed by atoms with Crippen LogP contribution in [0.1, 0.15) is 42.4 Å². The van der Waals surface area contributed by atoms with Gasteiger partial charge in [-0.2, -0.15) is 0 Å². The molecule has 0 aromatic heterocycles. The second-order valence-corrected chi connectivity index (χ2v) is 8.56. The molecule has 0 spiro atoms. The lowest BCUT2D eigenvalue weighted by Crippen LogP contribution is -2.38. The number of carbonyl (C=O) groups excluding carboxylic acids is 2. The Bertz CT molecular complexity index is 1190. The normalized spacial score (nSPS) is 12.8. The Morgan fingerprint density at radius 2 is 1.51 bits per heavy atom. The Hall–Kier alpha value is -4.13. The summed E-state index contributed by atoms with van der Waals surface area (Å²) in [7, 11) is 0. The summed E-state index contributed by atoms with van der Waals surface area (Å²) in [6.07, 6.45) is -0.180. The molecule has 3 aromatic carbocycles. The number of para-hydroxylation sites is 1. The molecule has 1 aliphatic carbocycles. The summed E-state index contributed by atoms with van der Waals surface area (Å²) < 4.78 is 5.59. The third-order valence-corrected chi connectivity index (χ3v) is 6.22. The number of carboxylic acids is 1. The van der Waals surface area contributed by atoms with Gasteiger partial charge in [-0.25, -0.2) is 4.79 Å². The van der Waals surface area contributed by atoms with Crippen molar-refractivity contribution in [2.45, 2.75) is 38.1 Å². The summed E-state index contributed by atoms with van der Waals surface area (Å²) in [5.74, 6) is -1.33. The van der Waals surface area contributed by atoms with Gasteiger partial charge >= 0.3 is 12.1 Å². The minimum atomic E-state index is -0.977. The average molecular weight is 473 g/mol. The molecule has 0 saturated carbocycles. The van der Waals surface area contributed by atoms with E-state index in [1.165, 1.54) is 0 Å². The Labute approximate surface area is 204 Å². The van der Waals surface area contributed by atoms with E-state index in [1.54, 1.807) is 24.3 Å². The topological polar surface area (TPSA) is 105 Å². The van der Waals surface area contributed by atoms with Crippen LogP contribution in [0.2, 0.25) is 0 Å². The third kappa shape index (κ3) is 5.69. The zero-order valence-corrected chi connectivity index (χ0v) is 19.5. The minimum Gasteiger partial charge on any atom is -0.481 e. The van der Waals surface area contributed by atoms with Crippen LogP contribution in [0.25, 0.3) is 11.1 Å². The summed E-state index contributed by atoms with van der Waals surface area (Å²) >= 11 is 0. The molecule has 2 amide bonds. The van der Waals surface area contributed by atoms with Crippen LogP contribution in [0.4, 0.5) is 10.5 Å². The lowest BCUT2D eigenvalue weighted by Gasteiger charge is -2.19. The number of alkyl carbamates (subject to hydrolysis) is 1. The number of hydrogen-bond acceptors (Lipinski definition) is 4. The highest BCUT2D eigenvalue weighted by Crippen LogP contribution is 2.44. The second-order valence-electron chi connectivity index (χ2n) is 8.56. The van der Waals surface area contributed by atoms with Crippen LogP contribution in [-0.2, 0) is 20.7 Å². The van der Waals surface area contributed by atoms with Crippen molar-refractivity contribution in [3.8, 4) is 11.1 Å². The van der Waals surface area contributed by atoms with Crippen molar-refractivity contribution in [2.24, 2.45) is 0 Å². The maximum Gasteiger partial charge on any atom is 0.407 e. The first-order chi connectivity index (χ1) is 17.0. The van der Waals surface area contributed by atoms with Gasteiger partial charge in [0.2, 0.25) is 5.91 Å². The molecule has 35 heavy (non-hydrogen) atoms. The summed E-state index contributed by atoms with van der Waals surface area (Å²) in [4.78, 5) is 36.2. The predicted octanol–water partition coefficient (Wildman–Crippen LogP) is 4.96. The quantitative estimate of drug-likeness (QED) is 0.408. The second kappa shape index (κ2) is 10.9. The fourth-order valence-electron chi connectivity index (χ4n) is 4.49. The molecule has 1 aliphatic rings. The number of aliphatic carboxylic acids is 1. The number of carbonyl (C=O) groups is 3. The van der Waals surface area contributed by atoms with E-state index in [9.17, 15) is 14.4 Å². The lowest BCUT2D eigenvalue weighted by atomic mass is 9.98. The highest BCUT2D eigenvalue weighted by Gasteiger charge is 2.29. The van der Waals surface area contributed by atoms with Gasteiger partial charge in [-0.3, -0.25) is 9.59 Å². The molecule has 7 heteroatoms. The molecule has 4 rings (SSSR count). The molecule has 0 radical (unpaired) electrons. The van der Waals surface area contributed by atoms with Crippen LogP contribution in [0.3, 0.4) is 0 Å². The van der Waals surface area contributed by atoms with Gasteiger partial charge < -0.3 is 20.5 Å². The van der Waals surface area contributed by atoms with Crippen LogP contribution >= 0.6 is 0 Å². The number of nitrogens with one attached hydrogen (secondary N) is 2. The molecule has 3 aromatic rings. The van der Waals surface area contributed by atoms with Crippen LogP contribution in [-0.4, -0.2) is 35.7 Å². The molecule has 7 nitrogen and oxygen atoms in total. The van der Waals surface area contributed by atoms with Gasteiger partial charge in [0.15, 0.2) is 0 Å². The van der Waals surface area contributed by atoms with E-state index in [1.807, 2.05) is 31.2 Å². The highest BCUT2D eigenvalue weighted by atomic mass is 16.5. The van der Waals surface area contributed by atoms with E-state index in [0.29, 0.717) is 17.7 Å². The maximum absolute atomic E-state index is 12.6. The van der Waals surface area contributed by atoms with Crippen molar-refractivity contribution in [3.05, 3.63) is 89.5 Å². The zero-order valence-electron chi connectivity index (χ0n) is 19.5. The van der Waals surface area contributed by atoms with Crippen LogP contribution < -0.4 is 10.6 Å². The number of anilines is 1. The van der Waals surface area contributed by atoms with Gasteiger partial charge in [0.1, 0.15) is 6.61 Å². The number of ether oxygens (including phenoxy) is 1. The van der Waals surface area contributed by atoms with E-state index in [2.05, 4.69) is 34.9 Å². The Morgan fingerprint density at radius 1 is 0.914 bits per heavy atom. The number of fused-ring (bicyclic) bond motifs is 3. The van der Waals surface area contributed by atoms with Gasteiger partial charge in [-0.1, -0.05) is 73.7 Å². The van der Waals surface area contributed by atoms with E-state index >= 15 is 0 Å². The third-order valence-electron chi connectivity index (χ3n) is 6.22. The van der Waals surface area contributed by atoms with Gasteiger partial charge in [0.25, 0.3) is 0 Å². The van der Waals surface area contributed by atoms with E-state index < -0.39 is 18.1 Å². The number of carboxylic acid groups (broad SMARTS) is 1. The Kier molecular flexibility index (Phi) is 7.45. The van der Waals surface area contributed by atoms with Crippen molar-refractivity contribution in [1.29, 1.82) is 0 Å². The molecule has 180 valence electrons. The first-order valence-corrected chi connectivity index (χ1v) is 11.7. The van der Waals surface area contributed by atoms with Crippen molar-refractivity contribution in [3.63, 3.8) is 0 Å². The molecule has 0 heterocycles. The SMILES string of the molecule is CC[C@@H](CC(=O)Nc1ccccc1CC(=O)O)NC(=O)OCC1c2ccccc2-c2ccccc21. The molecule has 0 bridgehead atoms. The highest BCUT2D eigenvalue weighted by molar-refractivity contribution is 5.92. The van der Waals surface area contributed by atoms with Crippen LogP contribution in [0.5, 0.6) is 0 Å². The Morgan fingerprint density at radius 3 is 2.14 bits per heavy atom. The van der Waals surface area contributed by atoms with Crippen molar-refractivity contribution >= 4 is 23.7 Å². The summed E-state index contributed by atoms with van der Waals surface area (Å²) in [6, 6.07) is 22.6. The summed E-state index contributed by atoms with van der Waals surface area (Å²) in [5, 5.41) is 14.6. The predicted molar refractivity (Wildman–Crippen MR) is 133 cm³/mol. The monoisotopic (exact) mass is 472 g/mol. The minimum absolute atomic E-state index is 0.0396. The zero-order chi connectivity index (χ0) is 24.8. The molecular weight excluding hydrogens is 444 g/mol. The standard InChI is InChI=1S/C28H28N2O5/c1-2-19(16-26(31)30-25-14-8-3-9-18(25)15-27(32)33)29-28(34)35-17-24-22-12-6-4-10-20(22)21-11-5-7-13-23(21)24/h3-14,19,24H,2,15-17H2,1H3,(H,29,34)(H,30,31)(H,32,33)/t19-/m0/s1. The number of rotatable bonds is 9. The average Bonchev–Trinajstić information content (AvgIpc) is 3.17. The van der Waals surface area contributed by atoms with Crippen molar-refractivity contribution < 1.29 is 24.2 Å². The summed E-state index contributed by atoms with van der Waals surface area (Å²) in [5.41, 5.74) is 5.55. The van der Waals surface area contributed by atoms with Gasteiger partial charge in [-0.05, 0) is 40.3 Å². The van der Waals surface area contributed by atoms with E-state index in [4.69, 9.17) is 9.84 Å². The lowest BCUT2D eigenvalue weighted by molar-refractivity contribution is -0.136. The molecule has 3 N–H and O–H groups in total.